The summed E-state index contributed by atoms with van der Waals surface area (Å²) in [5, 5.41) is 7.66. The van der Waals surface area contributed by atoms with Gasteiger partial charge in [-0.15, -0.1) is 0 Å². The molecule has 4 rings (SSSR count). The summed E-state index contributed by atoms with van der Waals surface area (Å²) < 4.78 is 19.5. The molecule has 2 aliphatic heterocycles. The van der Waals surface area contributed by atoms with E-state index in [1.54, 1.807) is 14.0 Å². The molecule has 0 aromatic carbocycles. The molecule has 10 heteroatoms. The summed E-state index contributed by atoms with van der Waals surface area (Å²) in [6.45, 7) is 4.78. The maximum Gasteiger partial charge on any atom is 0.230 e. The average Bonchev–Trinajstić information content (AvgIpc) is 3.21. The van der Waals surface area contributed by atoms with Gasteiger partial charge >= 0.3 is 0 Å². The third kappa shape index (κ3) is 4.29. The summed E-state index contributed by atoms with van der Waals surface area (Å²) in [5.74, 6) is 0.263. The van der Waals surface area contributed by atoms with E-state index in [1.807, 2.05) is 17.9 Å². The number of hydrogen-bond donors (Lipinski definition) is 3. The van der Waals surface area contributed by atoms with Crippen LogP contribution in [0, 0.1) is 12.7 Å². The molecule has 4 N–H and O–H groups in total. The molecule has 0 saturated carbocycles. The lowest BCUT2D eigenvalue weighted by Crippen LogP contribution is -2.46. The fraction of sp³-hybridized carbons (Fsp3) is 0.478. The summed E-state index contributed by atoms with van der Waals surface area (Å²) in [6, 6.07) is 3.53. The third-order valence-electron chi connectivity index (χ3n) is 6.63. The molecule has 176 valence electrons. The van der Waals surface area contributed by atoms with E-state index in [9.17, 15) is 9.18 Å². The van der Waals surface area contributed by atoms with Crippen LogP contribution in [0.2, 0.25) is 0 Å². The Morgan fingerprint density at radius 2 is 2.21 bits per heavy atom. The maximum absolute atomic E-state index is 14.4. The summed E-state index contributed by atoms with van der Waals surface area (Å²) in [4.78, 5) is 23.6. The van der Waals surface area contributed by atoms with Crippen LogP contribution in [0.4, 0.5) is 10.2 Å². The van der Waals surface area contributed by atoms with Gasteiger partial charge in [0.2, 0.25) is 11.8 Å². The van der Waals surface area contributed by atoms with Crippen LogP contribution in [0.3, 0.4) is 0 Å². The van der Waals surface area contributed by atoms with Crippen LogP contribution in [-0.2, 0) is 11.2 Å². The molecule has 0 unspecified atom stereocenters. The Kier molecular flexibility index (Phi) is 6.09. The first kappa shape index (κ1) is 22.8. The number of nitrogens with one attached hydrogen (secondary N) is 2. The van der Waals surface area contributed by atoms with Gasteiger partial charge < -0.3 is 26.1 Å². The standard InChI is InChI=1S/C23H30FN7O2/c1-13(16-10-19(33-4)27-11-18(16)24)22(32)31-8-7-23(12-31)6-5-15-9-17(20(25)30-26-3)14(2)28-21(15)29-23/h9-11,13,26H,5-8,12H2,1-4H3,(H2,25,30)(H,28,29)/t13-,23-/m1/s1. The number of aromatic nitrogens is 2. The Balaban J connectivity index is 1.51. The van der Waals surface area contributed by atoms with Crippen molar-refractivity contribution in [3.8, 4) is 5.88 Å². The third-order valence-corrected chi connectivity index (χ3v) is 6.63. The van der Waals surface area contributed by atoms with Crippen molar-refractivity contribution in [2.75, 3.05) is 32.6 Å². The zero-order valence-corrected chi connectivity index (χ0v) is 19.4. The van der Waals surface area contributed by atoms with Crippen LogP contribution in [0.25, 0.3) is 0 Å². The van der Waals surface area contributed by atoms with E-state index < -0.39 is 11.7 Å². The number of methoxy groups -OCH3 is 1. The van der Waals surface area contributed by atoms with E-state index in [4.69, 9.17) is 15.5 Å². The molecule has 0 bridgehead atoms. The number of halogens is 1. The minimum Gasteiger partial charge on any atom is -0.481 e. The second kappa shape index (κ2) is 8.84. The Morgan fingerprint density at radius 3 is 2.94 bits per heavy atom. The highest BCUT2D eigenvalue weighted by Gasteiger charge is 2.43. The minimum absolute atomic E-state index is 0.109. The highest BCUT2D eigenvalue weighted by molar-refractivity contribution is 5.98. The molecule has 1 amide bonds. The van der Waals surface area contributed by atoms with Gasteiger partial charge in [-0.1, -0.05) is 0 Å². The van der Waals surface area contributed by atoms with E-state index in [-0.39, 0.29) is 17.3 Å². The van der Waals surface area contributed by atoms with Gasteiger partial charge in [0.1, 0.15) is 11.6 Å². The van der Waals surface area contributed by atoms with Crippen molar-refractivity contribution >= 4 is 17.6 Å². The predicted molar refractivity (Wildman–Crippen MR) is 124 cm³/mol. The number of hydrogen-bond acceptors (Lipinski definition) is 7. The Bertz CT molecular complexity index is 1110. The zero-order valence-electron chi connectivity index (χ0n) is 19.4. The van der Waals surface area contributed by atoms with Gasteiger partial charge in [0, 0.05) is 37.3 Å². The van der Waals surface area contributed by atoms with Gasteiger partial charge in [0.15, 0.2) is 5.84 Å². The van der Waals surface area contributed by atoms with Crippen molar-refractivity contribution in [2.24, 2.45) is 10.8 Å². The first-order chi connectivity index (χ1) is 15.8. The molecule has 2 aromatic heterocycles. The van der Waals surface area contributed by atoms with Crippen LogP contribution in [0.15, 0.2) is 23.4 Å². The fourth-order valence-electron chi connectivity index (χ4n) is 4.72. The van der Waals surface area contributed by atoms with Crippen LogP contribution in [-0.4, -0.2) is 59.4 Å². The topological polar surface area (TPSA) is 118 Å². The number of rotatable bonds is 5. The van der Waals surface area contributed by atoms with Crippen LogP contribution in [0.1, 0.15) is 48.1 Å². The SMILES string of the molecule is CN/N=C(\N)c1cc2c(nc1C)N[C@]1(CC2)CCN(C(=O)[C@H](C)c2cc(OC)ncc2F)C1. The van der Waals surface area contributed by atoms with Crippen molar-refractivity contribution in [1.82, 2.24) is 20.3 Å². The molecule has 0 radical (unpaired) electrons. The number of carbonyl (C=O) groups is 1. The summed E-state index contributed by atoms with van der Waals surface area (Å²) in [6.07, 6.45) is 3.59. The van der Waals surface area contributed by atoms with Crippen molar-refractivity contribution in [3.05, 3.63) is 46.5 Å². The van der Waals surface area contributed by atoms with Gasteiger partial charge in [-0.3, -0.25) is 4.79 Å². The van der Waals surface area contributed by atoms with Gasteiger partial charge in [0.25, 0.3) is 0 Å². The molecule has 0 aliphatic carbocycles. The normalized spacial score (nSPS) is 20.9. The number of fused-ring (bicyclic) bond motifs is 1. The second-order valence-corrected chi connectivity index (χ2v) is 8.73. The smallest absolute Gasteiger partial charge is 0.230 e. The van der Waals surface area contributed by atoms with Crippen LogP contribution >= 0.6 is 0 Å². The second-order valence-electron chi connectivity index (χ2n) is 8.73. The number of nitrogens with zero attached hydrogens (tertiary/aromatic N) is 4. The number of hydrazone groups is 1. The Morgan fingerprint density at radius 1 is 1.42 bits per heavy atom. The molecule has 2 atom stereocenters. The number of aryl methyl sites for hydroxylation is 2. The number of nitrogens with two attached hydrogens (primary N) is 1. The summed E-state index contributed by atoms with van der Waals surface area (Å²) >= 11 is 0. The first-order valence-corrected chi connectivity index (χ1v) is 11.0. The number of likely N-dealkylation sites (tertiary alicyclic amines) is 1. The lowest BCUT2D eigenvalue weighted by molar-refractivity contribution is -0.131. The van der Waals surface area contributed by atoms with Crippen LogP contribution in [0.5, 0.6) is 5.88 Å². The number of ether oxygens (including phenoxy) is 1. The van der Waals surface area contributed by atoms with Crippen molar-refractivity contribution in [2.45, 2.75) is 44.6 Å². The van der Waals surface area contributed by atoms with Gasteiger partial charge in [0.05, 0.1) is 30.5 Å². The van der Waals surface area contributed by atoms with Gasteiger partial charge in [-0.05, 0) is 44.7 Å². The zero-order chi connectivity index (χ0) is 23.8. The Labute approximate surface area is 192 Å². The van der Waals surface area contributed by atoms with Crippen molar-refractivity contribution in [3.63, 3.8) is 0 Å². The molecule has 2 aromatic rings. The molecular weight excluding hydrogens is 425 g/mol. The molecule has 4 heterocycles. The quantitative estimate of drug-likeness (QED) is 0.358. The highest BCUT2D eigenvalue weighted by atomic mass is 19.1. The minimum atomic E-state index is -0.634. The van der Waals surface area contributed by atoms with Crippen LogP contribution < -0.4 is 21.2 Å². The molecule has 1 fully saturated rings. The maximum atomic E-state index is 14.4. The molecule has 2 aliphatic rings. The molecule has 1 saturated heterocycles. The predicted octanol–water partition coefficient (Wildman–Crippen LogP) is 1.91. The van der Waals surface area contributed by atoms with Gasteiger partial charge in [-0.25, -0.2) is 14.4 Å². The summed E-state index contributed by atoms with van der Waals surface area (Å²) in [7, 11) is 3.17. The molecule has 1 spiro atoms. The van der Waals surface area contributed by atoms with E-state index in [2.05, 4.69) is 20.8 Å². The molecule has 33 heavy (non-hydrogen) atoms. The van der Waals surface area contributed by atoms with Crippen molar-refractivity contribution in [1.29, 1.82) is 0 Å². The number of amides is 1. The van der Waals surface area contributed by atoms with E-state index in [0.29, 0.717) is 24.5 Å². The highest BCUT2D eigenvalue weighted by Crippen LogP contribution is 2.38. The lowest BCUT2D eigenvalue weighted by atomic mass is 9.86. The number of anilines is 1. The van der Waals surface area contributed by atoms with E-state index in [1.165, 1.54) is 13.2 Å². The average molecular weight is 456 g/mol. The number of carbonyl (C=O) groups excluding carboxylic acids is 1. The molecular formula is C23H30FN7O2. The lowest BCUT2D eigenvalue weighted by Gasteiger charge is -2.36. The fourth-order valence-corrected chi connectivity index (χ4v) is 4.72. The number of amidine groups is 1. The summed E-state index contributed by atoms with van der Waals surface area (Å²) in [5.41, 5.74) is 11.5. The molecule has 9 nitrogen and oxygen atoms in total. The monoisotopic (exact) mass is 455 g/mol. The van der Waals surface area contributed by atoms with Crippen molar-refractivity contribution < 1.29 is 13.9 Å². The Hall–Kier alpha value is -3.43. The van der Waals surface area contributed by atoms with E-state index >= 15 is 0 Å². The number of pyridine rings is 2. The van der Waals surface area contributed by atoms with Gasteiger partial charge in [-0.2, -0.15) is 5.10 Å². The first-order valence-electron chi connectivity index (χ1n) is 11.0. The largest absolute Gasteiger partial charge is 0.481 e. The van der Waals surface area contributed by atoms with E-state index in [0.717, 1.165) is 48.1 Å².